The number of anilines is 1. The van der Waals surface area contributed by atoms with Gasteiger partial charge in [-0.1, -0.05) is 29.5 Å². The van der Waals surface area contributed by atoms with Crippen molar-refractivity contribution in [2.75, 3.05) is 30.6 Å². The average Bonchev–Trinajstić information content (AvgIpc) is 3.32. The first-order valence-corrected chi connectivity index (χ1v) is 13.2. The molecule has 1 atom stereocenters. The van der Waals surface area contributed by atoms with Gasteiger partial charge < -0.3 is 9.64 Å². The molecule has 0 spiro atoms. The van der Waals surface area contributed by atoms with Gasteiger partial charge in [0.25, 0.3) is 10.0 Å². The molecule has 0 radical (unpaired) electrons. The standard InChI is InChI=1S/C23H25N3O5S2/c1-16-14-17-4-2-3-5-19(17)26(16)33(29,30)18-6-7-20-21(15-18)32-23(28)25(20)9-8-22(27)24-10-12-31-13-11-24/h2-7,15-16H,8-14H2,1H3. The Morgan fingerprint density at radius 1 is 1.15 bits per heavy atom. The fourth-order valence-corrected chi connectivity index (χ4v) is 7.36. The second kappa shape index (κ2) is 8.58. The number of hydrogen-bond donors (Lipinski definition) is 0. The summed E-state index contributed by atoms with van der Waals surface area (Å²) in [6.45, 7) is 4.36. The Morgan fingerprint density at radius 3 is 2.70 bits per heavy atom. The van der Waals surface area contributed by atoms with E-state index in [1.165, 1.54) is 4.31 Å². The number of ether oxygens (including phenoxy) is 1. The SMILES string of the molecule is CC1Cc2ccccc2N1S(=O)(=O)c1ccc2c(c1)sc(=O)n2CCC(=O)N1CCOCC1. The molecular weight excluding hydrogens is 462 g/mol. The highest BCUT2D eigenvalue weighted by Gasteiger charge is 2.36. The highest BCUT2D eigenvalue weighted by Crippen LogP contribution is 2.37. The lowest BCUT2D eigenvalue weighted by atomic mass is 10.1. The molecule has 3 heterocycles. The van der Waals surface area contributed by atoms with Gasteiger partial charge in [-0.25, -0.2) is 8.42 Å². The van der Waals surface area contributed by atoms with Gasteiger partial charge in [-0.2, -0.15) is 0 Å². The zero-order valence-corrected chi connectivity index (χ0v) is 19.9. The maximum Gasteiger partial charge on any atom is 0.308 e. The smallest absolute Gasteiger partial charge is 0.308 e. The summed E-state index contributed by atoms with van der Waals surface area (Å²) in [5, 5.41) is 0. The van der Waals surface area contributed by atoms with Gasteiger partial charge in [-0.05, 0) is 43.2 Å². The highest BCUT2D eigenvalue weighted by atomic mass is 32.2. The summed E-state index contributed by atoms with van der Waals surface area (Å²) in [5.74, 6) is -0.00886. The molecule has 5 rings (SSSR count). The van der Waals surface area contributed by atoms with Crippen molar-refractivity contribution in [3.05, 3.63) is 57.7 Å². The predicted octanol–water partition coefficient (Wildman–Crippen LogP) is 2.45. The van der Waals surface area contributed by atoms with Crippen molar-refractivity contribution in [3.63, 3.8) is 0 Å². The molecule has 174 valence electrons. The second-order valence-corrected chi connectivity index (χ2v) is 11.2. The normalized spacial score (nSPS) is 18.6. The number of fused-ring (bicyclic) bond motifs is 2. The Labute approximate surface area is 196 Å². The third kappa shape index (κ3) is 3.96. The first-order valence-electron chi connectivity index (χ1n) is 11.0. The van der Waals surface area contributed by atoms with Gasteiger partial charge in [0.2, 0.25) is 5.91 Å². The summed E-state index contributed by atoms with van der Waals surface area (Å²) in [6.07, 6.45) is 0.881. The van der Waals surface area contributed by atoms with Crippen LogP contribution in [0.25, 0.3) is 10.2 Å². The molecule has 1 amide bonds. The molecule has 1 aromatic heterocycles. The van der Waals surface area contributed by atoms with Crippen molar-refractivity contribution in [1.82, 2.24) is 9.47 Å². The van der Waals surface area contributed by atoms with Crippen molar-refractivity contribution in [1.29, 1.82) is 0 Å². The lowest BCUT2D eigenvalue weighted by Crippen LogP contribution is -2.41. The Balaban J connectivity index is 1.42. The minimum absolute atomic E-state index is 0.00886. The average molecular weight is 488 g/mol. The Hall–Kier alpha value is -2.69. The molecular formula is C23H25N3O5S2. The number of hydrogen-bond acceptors (Lipinski definition) is 6. The third-order valence-electron chi connectivity index (χ3n) is 6.25. The summed E-state index contributed by atoms with van der Waals surface area (Å²) in [7, 11) is -3.78. The summed E-state index contributed by atoms with van der Waals surface area (Å²) < 4.78 is 35.9. The molecule has 1 unspecified atom stereocenters. The van der Waals surface area contributed by atoms with Crippen molar-refractivity contribution < 1.29 is 17.9 Å². The minimum Gasteiger partial charge on any atom is -0.378 e. The number of carbonyl (C=O) groups excluding carboxylic acids is 1. The molecule has 0 N–H and O–H groups in total. The van der Waals surface area contributed by atoms with E-state index in [-0.39, 0.29) is 34.7 Å². The number of nitrogens with zero attached hydrogens (tertiary/aromatic N) is 3. The van der Waals surface area contributed by atoms with E-state index in [0.29, 0.717) is 48.6 Å². The van der Waals surface area contributed by atoms with E-state index in [1.54, 1.807) is 27.7 Å². The lowest BCUT2D eigenvalue weighted by molar-refractivity contribution is -0.135. The number of benzene rings is 2. The zero-order chi connectivity index (χ0) is 23.2. The number of amides is 1. The van der Waals surface area contributed by atoms with Gasteiger partial charge in [-0.3, -0.25) is 18.5 Å². The van der Waals surface area contributed by atoms with E-state index < -0.39 is 10.0 Å². The molecule has 2 aliphatic heterocycles. The molecule has 3 aromatic rings. The number of thiazole rings is 1. The minimum atomic E-state index is -3.78. The lowest BCUT2D eigenvalue weighted by Gasteiger charge is -2.26. The van der Waals surface area contributed by atoms with E-state index >= 15 is 0 Å². The predicted molar refractivity (Wildman–Crippen MR) is 127 cm³/mol. The molecule has 33 heavy (non-hydrogen) atoms. The Bertz CT molecular complexity index is 1370. The van der Waals surface area contributed by atoms with E-state index in [2.05, 4.69) is 0 Å². The number of carbonyl (C=O) groups is 1. The fraction of sp³-hybridized carbons (Fsp3) is 0.391. The van der Waals surface area contributed by atoms with Gasteiger partial charge in [0.15, 0.2) is 0 Å². The number of aryl methyl sites for hydroxylation is 1. The Kier molecular flexibility index (Phi) is 5.75. The first-order chi connectivity index (χ1) is 15.9. The van der Waals surface area contributed by atoms with Crippen LogP contribution in [0.15, 0.2) is 52.2 Å². The van der Waals surface area contributed by atoms with E-state index in [4.69, 9.17) is 4.74 Å². The zero-order valence-electron chi connectivity index (χ0n) is 18.3. The number of sulfonamides is 1. The molecule has 10 heteroatoms. The molecule has 1 saturated heterocycles. The van der Waals surface area contributed by atoms with Crippen LogP contribution in [0, 0.1) is 0 Å². The van der Waals surface area contributed by atoms with Crippen LogP contribution in [0.3, 0.4) is 0 Å². The Morgan fingerprint density at radius 2 is 1.91 bits per heavy atom. The van der Waals surface area contributed by atoms with E-state index in [9.17, 15) is 18.0 Å². The van der Waals surface area contributed by atoms with Gasteiger partial charge >= 0.3 is 4.87 Å². The van der Waals surface area contributed by atoms with Crippen molar-refractivity contribution in [2.45, 2.75) is 37.2 Å². The number of morpholine rings is 1. The monoisotopic (exact) mass is 487 g/mol. The number of para-hydroxylation sites is 1. The second-order valence-electron chi connectivity index (χ2n) is 8.38. The maximum atomic E-state index is 13.5. The molecule has 0 aliphatic carbocycles. The quantitative estimate of drug-likeness (QED) is 0.552. The van der Waals surface area contributed by atoms with Crippen LogP contribution < -0.4 is 9.18 Å². The third-order valence-corrected chi connectivity index (χ3v) is 9.12. The molecule has 0 bridgehead atoms. The van der Waals surface area contributed by atoms with Crippen LogP contribution in [0.1, 0.15) is 18.9 Å². The summed E-state index contributed by atoms with van der Waals surface area (Å²) in [4.78, 5) is 26.8. The molecule has 2 aliphatic rings. The fourth-order valence-electron chi connectivity index (χ4n) is 4.61. The highest BCUT2D eigenvalue weighted by molar-refractivity contribution is 7.93. The maximum absolute atomic E-state index is 13.5. The number of aromatic nitrogens is 1. The molecule has 1 fully saturated rings. The van der Waals surface area contributed by atoms with Gasteiger partial charge in [0.1, 0.15) is 0 Å². The van der Waals surface area contributed by atoms with Crippen LogP contribution in [0.4, 0.5) is 5.69 Å². The van der Waals surface area contributed by atoms with Gasteiger partial charge in [-0.15, -0.1) is 0 Å². The van der Waals surface area contributed by atoms with Crippen LogP contribution in [0.2, 0.25) is 0 Å². The molecule has 8 nitrogen and oxygen atoms in total. The topological polar surface area (TPSA) is 88.9 Å². The summed E-state index contributed by atoms with van der Waals surface area (Å²) in [6, 6.07) is 12.2. The van der Waals surface area contributed by atoms with E-state index in [1.807, 2.05) is 31.2 Å². The van der Waals surface area contributed by atoms with Crippen molar-refractivity contribution in [3.8, 4) is 0 Å². The number of rotatable bonds is 5. The largest absolute Gasteiger partial charge is 0.378 e. The molecule has 0 saturated carbocycles. The first kappa shape index (κ1) is 22.1. The summed E-state index contributed by atoms with van der Waals surface area (Å²) >= 11 is 1.00. The van der Waals surface area contributed by atoms with E-state index in [0.717, 1.165) is 16.9 Å². The van der Waals surface area contributed by atoms with Crippen LogP contribution in [-0.4, -0.2) is 56.1 Å². The van der Waals surface area contributed by atoms with Crippen molar-refractivity contribution in [2.24, 2.45) is 0 Å². The van der Waals surface area contributed by atoms with Crippen LogP contribution in [-0.2, 0) is 32.5 Å². The van der Waals surface area contributed by atoms with Crippen LogP contribution in [0.5, 0.6) is 0 Å². The van der Waals surface area contributed by atoms with Gasteiger partial charge in [0, 0.05) is 32.1 Å². The van der Waals surface area contributed by atoms with Gasteiger partial charge in [0.05, 0.1) is 34.0 Å². The van der Waals surface area contributed by atoms with Crippen molar-refractivity contribution >= 4 is 43.2 Å². The van der Waals surface area contributed by atoms with Crippen LogP contribution >= 0.6 is 11.3 Å². The summed E-state index contributed by atoms with van der Waals surface area (Å²) in [5.41, 5.74) is 2.36. The molecule has 2 aromatic carbocycles.